The largest absolute Gasteiger partial charge is 0.491 e. The third kappa shape index (κ3) is 20.8. The van der Waals surface area contributed by atoms with E-state index in [1.54, 1.807) is 72.8 Å². The van der Waals surface area contributed by atoms with Gasteiger partial charge in [0.15, 0.2) is 0 Å². The van der Waals surface area contributed by atoms with E-state index in [0.717, 1.165) is 0 Å². The van der Waals surface area contributed by atoms with Crippen LogP contribution >= 0.6 is 0 Å². The number of pyridine rings is 2. The smallest absolute Gasteiger partial charge is 0.337 e. The minimum Gasteiger partial charge on any atom is -0.491 e. The van der Waals surface area contributed by atoms with Gasteiger partial charge in [-0.3, -0.25) is 28.8 Å². The molecule has 0 saturated carbocycles. The molecule has 2 heterocycles. The van der Waals surface area contributed by atoms with Crippen molar-refractivity contribution in [2.75, 3.05) is 85.8 Å². The quantitative estimate of drug-likeness (QED) is 0.0169. The van der Waals surface area contributed by atoms with Gasteiger partial charge >= 0.3 is 11.9 Å². The van der Waals surface area contributed by atoms with E-state index >= 15 is 0 Å². The van der Waals surface area contributed by atoms with Crippen molar-refractivity contribution < 1.29 is 76.3 Å². The van der Waals surface area contributed by atoms with Gasteiger partial charge in [-0.1, -0.05) is 107 Å². The maximum absolute atomic E-state index is 14.3. The number of esters is 2. The van der Waals surface area contributed by atoms with E-state index in [9.17, 15) is 38.4 Å². The lowest BCUT2D eigenvalue weighted by molar-refractivity contribution is 0.0591. The number of fused-ring (bicyclic) bond motifs is 3. The lowest BCUT2D eigenvalue weighted by Crippen LogP contribution is -2.18. The molecule has 0 aliphatic carbocycles. The molecule has 0 radical (unpaired) electrons. The molecule has 554 valence electrons. The predicted molar refractivity (Wildman–Crippen MR) is 408 cm³/mol. The Morgan fingerprint density at radius 1 is 0.274 bits per heavy atom. The van der Waals surface area contributed by atoms with Gasteiger partial charge in [-0.05, 0) is 157 Å². The molecule has 6 N–H and O–H groups in total. The predicted octanol–water partition coefficient (Wildman–Crippen LogP) is 16.1. The number of anilines is 6. The average Bonchev–Trinajstić information content (AvgIpc) is 0.773. The summed E-state index contributed by atoms with van der Waals surface area (Å²) in [5.74, 6) is -2.43. The average molecular weight is 1440 g/mol. The first-order chi connectivity index (χ1) is 50.6. The molecular weight excluding hydrogens is 1350 g/mol. The zero-order chi connectivity index (χ0) is 76.5. The minimum atomic E-state index is -0.609. The van der Waals surface area contributed by atoms with Crippen molar-refractivity contribution in [2.24, 2.45) is 35.5 Å². The van der Waals surface area contributed by atoms with E-state index in [0.29, 0.717) is 46.4 Å². The fourth-order valence-corrected chi connectivity index (χ4v) is 10.2. The third-order valence-corrected chi connectivity index (χ3v) is 15.7. The van der Waals surface area contributed by atoms with E-state index in [4.69, 9.17) is 47.9 Å². The second-order valence-electron chi connectivity index (χ2n) is 27.8. The number of hydrogen-bond acceptors (Lipinski definition) is 18. The Labute approximate surface area is 615 Å². The van der Waals surface area contributed by atoms with E-state index < -0.39 is 47.4 Å². The van der Waals surface area contributed by atoms with Gasteiger partial charge in [-0.25, -0.2) is 19.6 Å². The second-order valence-corrected chi connectivity index (χ2v) is 27.8. The van der Waals surface area contributed by atoms with Gasteiger partial charge in [0.2, 0.25) is 0 Å². The van der Waals surface area contributed by atoms with Crippen molar-refractivity contribution in [3.05, 3.63) is 190 Å². The fourth-order valence-electron chi connectivity index (χ4n) is 10.2. The van der Waals surface area contributed by atoms with Gasteiger partial charge in [0.25, 0.3) is 35.4 Å². The van der Waals surface area contributed by atoms with Gasteiger partial charge in [-0.2, -0.15) is 0 Å². The number of aromatic nitrogens is 2. The van der Waals surface area contributed by atoms with Crippen molar-refractivity contribution in [1.82, 2.24) is 9.97 Å². The molecule has 0 aliphatic rings. The summed E-state index contributed by atoms with van der Waals surface area (Å²) >= 11 is 0. The van der Waals surface area contributed by atoms with Crippen LogP contribution in [-0.4, -0.2) is 111 Å². The molecule has 7 aromatic carbocycles. The molecule has 24 heteroatoms. The maximum atomic E-state index is 14.3. The summed E-state index contributed by atoms with van der Waals surface area (Å²) in [5.41, 5.74) is 3.68. The highest BCUT2D eigenvalue weighted by Gasteiger charge is 2.25. The van der Waals surface area contributed by atoms with Crippen molar-refractivity contribution in [2.45, 2.75) is 83.1 Å². The van der Waals surface area contributed by atoms with Crippen LogP contribution in [0.4, 0.5) is 34.1 Å². The van der Waals surface area contributed by atoms with E-state index in [1.807, 2.05) is 95.2 Å². The molecule has 0 saturated heterocycles. The monoisotopic (exact) mass is 1440 g/mol. The topological polar surface area (TPSA) is 308 Å². The number of benzene rings is 7. The Kier molecular flexibility index (Phi) is 26.4. The molecule has 9 aromatic rings. The van der Waals surface area contributed by atoms with E-state index in [-0.39, 0.29) is 164 Å². The van der Waals surface area contributed by atoms with Gasteiger partial charge in [0, 0.05) is 33.0 Å². The maximum Gasteiger partial charge on any atom is 0.337 e. The standard InChI is InChI=1S/C82H90N8O16/c1-45(2)39-101-67-33-53(77(93)87-61-29-23-57(81(97)99-13)37-71(61)105-43-49(9)10)19-25-59(67)85-75(91)55-21-27-63(69(35-55)103-41-47(5)6)89-79(95)65-31-17-51-15-16-52-18-32-66(84-74(52)73(51)83-65)80(96)90-64-28-22-56(36-70(64)104-42-48(7)8)76(92)86-60-26-20-54(34-68(60)102-40-46(3)4)78(94)88-62-30-24-58(82(98)100-14)38-72(62)106-44-50(11)12/h15-38,45-50H,39-44H2,1-14H3,(H,85,91)(H,86,92)(H,87,93)(H,88,94)(H,89,95)(H,90,96). The molecule has 0 aliphatic heterocycles. The number of rotatable bonds is 32. The van der Waals surface area contributed by atoms with E-state index in [2.05, 4.69) is 31.9 Å². The zero-order valence-electron chi connectivity index (χ0n) is 62.0. The molecule has 24 nitrogen and oxygen atoms in total. The molecule has 0 bridgehead atoms. The van der Waals surface area contributed by atoms with Gasteiger partial charge in [-0.15, -0.1) is 0 Å². The van der Waals surface area contributed by atoms with Gasteiger partial charge < -0.3 is 69.8 Å². The van der Waals surface area contributed by atoms with Crippen LogP contribution in [0, 0.1) is 35.5 Å². The van der Waals surface area contributed by atoms with Crippen molar-refractivity contribution in [3.8, 4) is 34.5 Å². The fraction of sp³-hybridized carbons (Fsp3) is 0.317. The summed E-state index contributed by atoms with van der Waals surface area (Å²) in [6.45, 7) is 25.2. The number of hydrogen-bond donors (Lipinski definition) is 6. The van der Waals surface area contributed by atoms with Gasteiger partial charge in [0.05, 0.1) is 110 Å². The highest BCUT2D eigenvalue weighted by atomic mass is 16.5. The number of amides is 6. The van der Waals surface area contributed by atoms with Crippen LogP contribution in [0.15, 0.2) is 146 Å². The number of nitrogens with zero attached hydrogens (tertiary/aromatic N) is 2. The lowest BCUT2D eigenvalue weighted by atomic mass is 10.1. The molecule has 0 fully saturated rings. The molecule has 106 heavy (non-hydrogen) atoms. The number of carbonyl (C=O) groups excluding carboxylic acids is 8. The molecular formula is C82H90N8O16. The molecule has 9 rings (SSSR count). The zero-order valence-corrected chi connectivity index (χ0v) is 62.0. The Bertz CT molecular complexity index is 4460. The number of carbonyl (C=O) groups is 8. The van der Waals surface area contributed by atoms with Crippen molar-refractivity contribution in [1.29, 1.82) is 0 Å². The first-order valence-electron chi connectivity index (χ1n) is 35.0. The van der Waals surface area contributed by atoms with Crippen LogP contribution < -0.4 is 60.3 Å². The molecule has 0 atom stereocenters. The third-order valence-electron chi connectivity index (χ3n) is 15.7. The number of ether oxygens (including phenoxy) is 8. The molecule has 0 unspecified atom stereocenters. The summed E-state index contributed by atoms with van der Waals surface area (Å²) in [4.78, 5) is 119. The Morgan fingerprint density at radius 3 is 0.689 bits per heavy atom. The van der Waals surface area contributed by atoms with Crippen LogP contribution in [0.3, 0.4) is 0 Å². The SMILES string of the molecule is COC(=O)c1ccc(NC(=O)c2ccc(NC(=O)c3ccc(NC(=O)c4ccc5ccc6ccc(C(=O)Nc7ccc(C(=O)Nc8ccc(C(=O)Nc9ccc(C(=O)OC)cc9OCC(C)C)cc8OCC(C)C)cc7OCC(C)C)nc6c5n4)c(OCC(C)C)c3)c(OCC(C)C)c2)c(OCC(C)C)c1. The minimum absolute atomic E-state index is 0.00912. The summed E-state index contributed by atoms with van der Waals surface area (Å²) < 4.78 is 46.6. The first kappa shape index (κ1) is 78.1. The summed E-state index contributed by atoms with van der Waals surface area (Å²) in [5, 5.41) is 18.7. The highest BCUT2D eigenvalue weighted by molar-refractivity contribution is 6.13. The van der Waals surface area contributed by atoms with Crippen LogP contribution in [-0.2, 0) is 9.47 Å². The lowest BCUT2D eigenvalue weighted by Gasteiger charge is -2.18. The number of nitrogens with one attached hydrogen (secondary N) is 6. The number of methoxy groups -OCH3 is 2. The Balaban J connectivity index is 0.914. The van der Waals surface area contributed by atoms with Crippen LogP contribution in [0.2, 0.25) is 0 Å². The Morgan fingerprint density at radius 2 is 0.472 bits per heavy atom. The van der Waals surface area contributed by atoms with Crippen LogP contribution in [0.5, 0.6) is 34.5 Å². The molecule has 6 amide bonds. The van der Waals surface area contributed by atoms with Crippen molar-refractivity contribution in [3.63, 3.8) is 0 Å². The van der Waals surface area contributed by atoms with Crippen LogP contribution in [0.25, 0.3) is 21.8 Å². The highest BCUT2D eigenvalue weighted by Crippen LogP contribution is 2.36. The molecule has 2 aromatic heterocycles. The Hall–Kier alpha value is -12.1. The summed E-state index contributed by atoms with van der Waals surface area (Å²) in [7, 11) is 2.56. The second kappa shape index (κ2) is 35.9. The van der Waals surface area contributed by atoms with Crippen LogP contribution in [0.1, 0.15) is 166 Å². The van der Waals surface area contributed by atoms with E-state index in [1.165, 1.54) is 74.9 Å². The summed E-state index contributed by atoms with van der Waals surface area (Å²) in [6, 6.07) is 37.9. The van der Waals surface area contributed by atoms with Gasteiger partial charge in [0.1, 0.15) is 45.9 Å². The first-order valence-corrected chi connectivity index (χ1v) is 35.0. The molecule has 0 spiro atoms. The van der Waals surface area contributed by atoms with Crippen molar-refractivity contribution >= 4 is 103 Å². The summed E-state index contributed by atoms with van der Waals surface area (Å²) in [6.07, 6.45) is 0. The normalized spacial score (nSPS) is 11.2.